The number of phenolic OH excluding ortho intramolecular Hbond substituents is 4. The Morgan fingerprint density at radius 3 is 1.36 bits per heavy atom. The van der Waals surface area contributed by atoms with Gasteiger partial charge < -0.3 is 25.5 Å². The van der Waals surface area contributed by atoms with E-state index in [4.69, 9.17) is 0 Å². The van der Waals surface area contributed by atoms with Crippen LogP contribution in [0.2, 0.25) is 0 Å². The van der Waals surface area contributed by atoms with Gasteiger partial charge >= 0.3 is 0 Å². The molecular weight excluding hydrogens is 688 g/mol. The van der Waals surface area contributed by atoms with Crippen molar-refractivity contribution in [2.45, 2.75) is 40.8 Å². The highest BCUT2D eigenvalue weighted by atomic mass is 79.9. The Morgan fingerprint density at radius 1 is 0.460 bits per heavy atom. The first-order valence-corrected chi connectivity index (χ1v) is 17.7. The normalized spacial score (nSPS) is 15.0. The highest BCUT2D eigenvalue weighted by molar-refractivity contribution is 9.09. The molecular formula is C44H41BrO5. The number of rotatable bonds is 13. The zero-order valence-corrected chi connectivity index (χ0v) is 29.1. The molecule has 0 spiro atoms. The summed E-state index contributed by atoms with van der Waals surface area (Å²) in [6, 6.07) is 50.0. The van der Waals surface area contributed by atoms with Crippen LogP contribution in [0.5, 0.6) is 23.0 Å². The molecule has 0 saturated carbocycles. The van der Waals surface area contributed by atoms with E-state index in [0.717, 1.165) is 33.4 Å². The second kappa shape index (κ2) is 15.7. The molecule has 0 amide bonds. The van der Waals surface area contributed by atoms with Crippen molar-refractivity contribution in [1.82, 2.24) is 0 Å². The van der Waals surface area contributed by atoms with Crippen LogP contribution < -0.4 is 0 Å². The summed E-state index contributed by atoms with van der Waals surface area (Å²) < 4.78 is 0. The van der Waals surface area contributed by atoms with Crippen LogP contribution in [0.15, 0.2) is 158 Å². The van der Waals surface area contributed by atoms with Crippen molar-refractivity contribution in [2.75, 3.05) is 6.61 Å². The largest absolute Gasteiger partial charge is 0.508 e. The van der Waals surface area contributed by atoms with E-state index < -0.39 is 5.41 Å². The van der Waals surface area contributed by atoms with Gasteiger partial charge in [-0.15, -0.1) is 0 Å². The Bertz CT molecular complexity index is 1930. The molecule has 5 atom stereocenters. The van der Waals surface area contributed by atoms with Crippen LogP contribution in [0.4, 0.5) is 0 Å². The first-order valence-electron chi connectivity index (χ1n) is 16.8. The third-order valence-electron chi connectivity index (χ3n) is 9.95. The second-order valence-electron chi connectivity index (χ2n) is 12.8. The molecule has 6 heteroatoms. The predicted molar refractivity (Wildman–Crippen MR) is 202 cm³/mol. The number of aromatic hydroxyl groups is 4. The van der Waals surface area contributed by atoms with Crippen molar-refractivity contribution >= 4 is 15.9 Å². The maximum Gasteiger partial charge on any atom is 0.115 e. The number of hydrogen-bond donors (Lipinski definition) is 5. The van der Waals surface area contributed by atoms with Gasteiger partial charge in [0.1, 0.15) is 23.0 Å². The van der Waals surface area contributed by atoms with Gasteiger partial charge in [0.15, 0.2) is 0 Å². The number of halogens is 1. The van der Waals surface area contributed by atoms with E-state index in [9.17, 15) is 25.5 Å². The Balaban J connectivity index is 1.62. The smallest absolute Gasteiger partial charge is 0.115 e. The van der Waals surface area contributed by atoms with Crippen molar-refractivity contribution in [3.05, 3.63) is 191 Å². The van der Waals surface area contributed by atoms with Crippen LogP contribution in [0.1, 0.15) is 64.0 Å². The number of aliphatic hydroxyl groups excluding tert-OH is 1. The Kier molecular flexibility index (Phi) is 10.9. The Labute approximate surface area is 301 Å². The van der Waals surface area contributed by atoms with E-state index in [1.165, 1.54) is 0 Å². The van der Waals surface area contributed by atoms with Gasteiger partial charge in [0.05, 0.1) is 0 Å². The van der Waals surface area contributed by atoms with Crippen LogP contribution in [0.25, 0.3) is 0 Å². The molecule has 0 aliphatic heterocycles. The summed E-state index contributed by atoms with van der Waals surface area (Å²) in [5.41, 5.74) is 5.33. The molecule has 5 nitrogen and oxygen atoms in total. The molecule has 0 aliphatic rings. The van der Waals surface area contributed by atoms with Gasteiger partial charge in [0.25, 0.3) is 0 Å². The summed E-state index contributed by atoms with van der Waals surface area (Å²) in [5, 5.41) is 52.0. The maximum absolute atomic E-state index is 10.7. The average Bonchev–Trinajstić information content (AvgIpc) is 3.14. The average molecular weight is 730 g/mol. The molecule has 5 N–H and O–H groups in total. The minimum absolute atomic E-state index is 0.0700. The molecule has 0 fully saturated rings. The van der Waals surface area contributed by atoms with Crippen molar-refractivity contribution < 1.29 is 25.5 Å². The van der Waals surface area contributed by atoms with Crippen molar-refractivity contribution in [2.24, 2.45) is 0 Å². The lowest BCUT2D eigenvalue weighted by Crippen LogP contribution is -2.44. The molecule has 6 aromatic carbocycles. The minimum Gasteiger partial charge on any atom is -0.508 e. The van der Waals surface area contributed by atoms with Gasteiger partial charge in [-0.05, 0) is 101 Å². The first kappa shape index (κ1) is 34.8. The van der Waals surface area contributed by atoms with E-state index >= 15 is 0 Å². The Hall–Kier alpha value is -5.04. The first-order chi connectivity index (χ1) is 24.3. The minimum atomic E-state index is -0.792. The lowest BCUT2D eigenvalue weighted by molar-refractivity contribution is 0.244. The zero-order valence-electron chi connectivity index (χ0n) is 27.6. The predicted octanol–water partition coefficient (Wildman–Crippen LogP) is 9.73. The lowest BCUT2D eigenvalue weighted by Gasteiger charge is -2.47. The van der Waals surface area contributed by atoms with Gasteiger partial charge in [-0.25, -0.2) is 0 Å². The van der Waals surface area contributed by atoms with Crippen molar-refractivity contribution in [1.29, 1.82) is 0 Å². The monoisotopic (exact) mass is 728 g/mol. The van der Waals surface area contributed by atoms with Gasteiger partial charge in [0, 0.05) is 28.7 Å². The van der Waals surface area contributed by atoms with Gasteiger partial charge in [-0.1, -0.05) is 125 Å². The molecule has 0 heterocycles. The SMILES string of the molecule is OCCC(c1ccc(O)cc1)C(c1ccccc1)(c1ccc(O)cc1)C(Br)CC(c1ccc(O)cc1)C(c1ccccc1)c1ccc(O)cc1. The summed E-state index contributed by atoms with van der Waals surface area (Å²) in [4.78, 5) is -0.269. The molecule has 0 aliphatic carbocycles. The van der Waals surface area contributed by atoms with Crippen molar-refractivity contribution in [3.63, 3.8) is 0 Å². The Morgan fingerprint density at radius 2 is 0.860 bits per heavy atom. The van der Waals surface area contributed by atoms with E-state index in [2.05, 4.69) is 40.2 Å². The molecule has 254 valence electrons. The maximum atomic E-state index is 10.7. The van der Waals surface area contributed by atoms with E-state index in [0.29, 0.717) is 12.8 Å². The third kappa shape index (κ3) is 7.28. The van der Waals surface area contributed by atoms with Crippen LogP contribution >= 0.6 is 15.9 Å². The summed E-state index contributed by atoms with van der Waals surface area (Å²) in [7, 11) is 0. The van der Waals surface area contributed by atoms with Crippen molar-refractivity contribution in [3.8, 4) is 23.0 Å². The molecule has 0 saturated heterocycles. The van der Waals surface area contributed by atoms with E-state index in [1.807, 2.05) is 84.9 Å². The molecule has 5 unspecified atom stereocenters. The number of hydrogen-bond acceptors (Lipinski definition) is 5. The topological polar surface area (TPSA) is 101 Å². The summed E-state index contributed by atoms with van der Waals surface area (Å²) in [5.74, 6) is 0.144. The fraction of sp³-hybridized carbons (Fsp3) is 0.182. The number of benzene rings is 6. The molecule has 0 radical (unpaired) electrons. The third-order valence-corrected chi connectivity index (χ3v) is 11.0. The molecule has 6 aromatic rings. The van der Waals surface area contributed by atoms with Gasteiger partial charge in [0.2, 0.25) is 0 Å². The zero-order chi connectivity index (χ0) is 35.1. The standard InChI is InChI=1S/C44H41BrO5/c45-42(29-40(30-11-19-36(47)20-12-30)43(32-7-3-1-4-8-32)33-15-23-38(49)24-16-33)44(34-9-5-2-6-10-34,35-17-25-39(50)26-18-35)41(27-28-46)31-13-21-37(48)22-14-31/h1-26,40-43,46-50H,27-29H2. The number of alkyl halides is 1. The van der Waals surface area contributed by atoms with Crippen LogP contribution in [0.3, 0.4) is 0 Å². The molecule has 6 rings (SSSR count). The number of phenols is 4. The summed E-state index contributed by atoms with van der Waals surface area (Å²) in [6.45, 7) is -0.0700. The second-order valence-corrected chi connectivity index (χ2v) is 13.9. The van der Waals surface area contributed by atoms with Crippen LogP contribution in [0, 0.1) is 0 Å². The van der Waals surface area contributed by atoms with Gasteiger partial charge in [-0.2, -0.15) is 0 Å². The quantitative estimate of drug-likeness (QED) is 0.0763. The fourth-order valence-electron chi connectivity index (χ4n) is 7.69. The molecule has 0 bridgehead atoms. The highest BCUT2D eigenvalue weighted by Crippen LogP contribution is 2.55. The van der Waals surface area contributed by atoms with E-state index in [-0.39, 0.29) is 52.2 Å². The highest BCUT2D eigenvalue weighted by Gasteiger charge is 2.49. The number of aliphatic hydroxyl groups is 1. The lowest BCUT2D eigenvalue weighted by atomic mass is 9.59. The van der Waals surface area contributed by atoms with Gasteiger partial charge in [-0.3, -0.25) is 0 Å². The summed E-state index contributed by atoms with van der Waals surface area (Å²) in [6.07, 6.45) is 1.02. The fourth-order valence-corrected chi connectivity index (χ4v) is 8.94. The molecule has 0 aromatic heterocycles. The summed E-state index contributed by atoms with van der Waals surface area (Å²) >= 11 is 4.33. The molecule has 50 heavy (non-hydrogen) atoms. The van der Waals surface area contributed by atoms with Crippen LogP contribution in [-0.4, -0.2) is 37.0 Å². The van der Waals surface area contributed by atoms with Crippen LogP contribution in [-0.2, 0) is 5.41 Å². The van der Waals surface area contributed by atoms with E-state index in [1.54, 1.807) is 48.5 Å².